The molecule has 3 nitrogen and oxygen atoms in total. The van der Waals surface area contributed by atoms with Crippen LogP contribution in [0.3, 0.4) is 0 Å². The molecule has 9 heavy (non-hydrogen) atoms. The topological polar surface area (TPSA) is 59.1 Å². The van der Waals surface area contributed by atoms with Crippen LogP contribution in [-0.4, -0.2) is 10.1 Å². The summed E-state index contributed by atoms with van der Waals surface area (Å²) >= 11 is 0. The third kappa shape index (κ3) is 1.40. The number of hydrogen-bond donors (Lipinski definition) is 2. The molecule has 1 aromatic rings. The van der Waals surface area contributed by atoms with Crippen molar-refractivity contribution in [2.45, 2.75) is 6.61 Å². The number of aromatic nitrogens is 1. The van der Waals surface area contributed by atoms with E-state index in [1.807, 2.05) is 0 Å². The van der Waals surface area contributed by atoms with Crippen LogP contribution in [0.25, 0.3) is 0 Å². The van der Waals surface area contributed by atoms with E-state index in [0.717, 1.165) is 5.56 Å². The van der Waals surface area contributed by atoms with Crippen molar-refractivity contribution >= 4 is 5.69 Å². The fourth-order valence-electron chi connectivity index (χ4n) is 0.594. The van der Waals surface area contributed by atoms with Gasteiger partial charge in [0.25, 0.3) is 0 Å². The minimum Gasteiger partial charge on any atom is -0.397 e. The third-order valence-electron chi connectivity index (χ3n) is 0.999. The molecule has 1 heterocycles. The van der Waals surface area contributed by atoms with Gasteiger partial charge in [0.05, 0.1) is 12.3 Å². The molecule has 0 bridgehead atoms. The first-order valence-corrected chi connectivity index (χ1v) is 2.63. The van der Waals surface area contributed by atoms with Crippen LogP contribution in [0, 0.1) is 0 Å². The molecule has 0 atom stereocenters. The molecule has 0 spiro atoms. The van der Waals surface area contributed by atoms with Crippen LogP contribution >= 0.6 is 0 Å². The Bertz CT molecular complexity index is 200. The summed E-state index contributed by atoms with van der Waals surface area (Å²) in [6.45, 7) is -0.00194. The van der Waals surface area contributed by atoms with Gasteiger partial charge in [-0.1, -0.05) is 0 Å². The first kappa shape index (κ1) is 6.04. The maximum absolute atomic E-state index is 8.57. The van der Waals surface area contributed by atoms with E-state index in [1.54, 1.807) is 18.5 Å². The van der Waals surface area contributed by atoms with Crippen LogP contribution in [0.5, 0.6) is 0 Å². The van der Waals surface area contributed by atoms with Gasteiger partial charge in [-0.3, -0.25) is 4.98 Å². The minimum absolute atomic E-state index is 0.00194. The van der Waals surface area contributed by atoms with E-state index in [1.165, 1.54) is 0 Å². The van der Waals surface area contributed by atoms with E-state index in [-0.39, 0.29) is 6.61 Å². The highest BCUT2D eigenvalue weighted by molar-refractivity contribution is 5.36. The molecule has 0 saturated heterocycles. The van der Waals surface area contributed by atoms with Crippen molar-refractivity contribution in [3.05, 3.63) is 24.0 Å². The van der Waals surface area contributed by atoms with Gasteiger partial charge in [-0.05, 0) is 11.6 Å². The Morgan fingerprint density at radius 2 is 2.33 bits per heavy atom. The normalized spacial score (nSPS) is 9.44. The molecule has 3 N–H and O–H groups in total. The summed E-state index contributed by atoms with van der Waals surface area (Å²) in [6.07, 6.45) is 3.12. The zero-order chi connectivity index (χ0) is 6.69. The molecule has 3 heteroatoms. The molecule has 0 aliphatic carbocycles. The Morgan fingerprint density at radius 3 is 2.78 bits per heavy atom. The number of aliphatic hydroxyl groups is 1. The molecule has 0 unspecified atom stereocenters. The Balaban J connectivity index is 2.94. The van der Waals surface area contributed by atoms with E-state index in [9.17, 15) is 0 Å². The van der Waals surface area contributed by atoms with Crippen LogP contribution < -0.4 is 5.73 Å². The van der Waals surface area contributed by atoms with Crippen LogP contribution in [0.4, 0.5) is 5.69 Å². The number of aliphatic hydroxyl groups excluding tert-OH is 1. The average molecular weight is 124 g/mol. The second kappa shape index (κ2) is 2.46. The lowest BCUT2D eigenvalue weighted by molar-refractivity contribution is 0.281. The van der Waals surface area contributed by atoms with Crippen LogP contribution in [-0.2, 0) is 6.61 Å². The molecule has 0 fully saturated rings. The molecular formula is C6H8N2O. The van der Waals surface area contributed by atoms with E-state index in [0.29, 0.717) is 5.69 Å². The Morgan fingerprint density at radius 1 is 1.56 bits per heavy atom. The maximum Gasteiger partial charge on any atom is 0.0697 e. The highest BCUT2D eigenvalue weighted by Crippen LogP contribution is 2.02. The number of nitrogens with two attached hydrogens (primary N) is 1. The first-order chi connectivity index (χ1) is 4.33. The molecule has 0 aromatic carbocycles. The van der Waals surface area contributed by atoms with Crippen molar-refractivity contribution in [3.63, 3.8) is 0 Å². The number of nitrogens with zero attached hydrogens (tertiary/aromatic N) is 1. The van der Waals surface area contributed by atoms with Crippen LogP contribution in [0.2, 0.25) is 0 Å². The highest BCUT2D eigenvalue weighted by Gasteiger charge is 1.88. The molecule has 1 rings (SSSR count). The quantitative estimate of drug-likeness (QED) is 0.560. The highest BCUT2D eigenvalue weighted by atomic mass is 16.3. The summed E-state index contributed by atoms with van der Waals surface area (Å²) in [6, 6.07) is 1.69. The molecule has 0 saturated carbocycles. The van der Waals surface area contributed by atoms with Crippen molar-refractivity contribution in [2.75, 3.05) is 5.73 Å². The number of anilines is 1. The predicted molar refractivity (Wildman–Crippen MR) is 34.6 cm³/mol. The molecule has 0 aliphatic rings. The molecule has 48 valence electrons. The summed E-state index contributed by atoms with van der Waals surface area (Å²) in [5.74, 6) is 0. The smallest absolute Gasteiger partial charge is 0.0697 e. The van der Waals surface area contributed by atoms with Gasteiger partial charge in [0, 0.05) is 12.4 Å². The zero-order valence-electron chi connectivity index (χ0n) is 4.91. The maximum atomic E-state index is 8.57. The van der Waals surface area contributed by atoms with Gasteiger partial charge in [0.1, 0.15) is 0 Å². The van der Waals surface area contributed by atoms with Gasteiger partial charge in [-0.25, -0.2) is 0 Å². The number of hydrogen-bond acceptors (Lipinski definition) is 3. The van der Waals surface area contributed by atoms with E-state index in [2.05, 4.69) is 4.98 Å². The fraction of sp³-hybridized carbons (Fsp3) is 0.167. The van der Waals surface area contributed by atoms with Gasteiger partial charge in [-0.15, -0.1) is 0 Å². The molecule has 0 aliphatic heterocycles. The lowest BCUT2D eigenvalue weighted by atomic mass is 10.3. The standard InChI is InChI=1S/C6H8N2O/c7-6-1-5(4-9)2-8-3-6/h1-3,9H,4,7H2. The van der Waals surface area contributed by atoms with Gasteiger partial charge in [-0.2, -0.15) is 0 Å². The van der Waals surface area contributed by atoms with Gasteiger partial charge in [0.2, 0.25) is 0 Å². The first-order valence-electron chi connectivity index (χ1n) is 2.63. The van der Waals surface area contributed by atoms with Crippen molar-refractivity contribution in [1.29, 1.82) is 0 Å². The molecule has 0 radical (unpaired) electrons. The molecule has 1 aromatic heterocycles. The largest absolute Gasteiger partial charge is 0.397 e. The van der Waals surface area contributed by atoms with E-state index < -0.39 is 0 Å². The van der Waals surface area contributed by atoms with Crippen molar-refractivity contribution in [3.8, 4) is 0 Å². The van der Waals surface area contributed by atoms with Crippen molar-refractivity contribution < 1.29 is 5.11 Å². The number of nitrogen functional groups attached to an aromatic ring is 1. The summed E-state index contributed by atoms with van der Waals surface area (Å²) in [5.41, 5.74) is 6.69. The Labute approximate surface area is 53.2 Å². The van der Waals surface area contributed by atoms with Crippen molar-refractivity contribution in [1.82, 2.24) is 4.98 Å². The number of rotatable bonds is 1. The third-order valence-corrected chi connectivity index (χ3v) is 0.999. The van der Waals surface area contributed by atoms with E-state index >= 15 is 0 Å². The lowest BCUT2D eigenvalue weighted by Crippen LogP contribution is -1.89. The SMILES string of the molecule is Nc1cncc(CO)c1. The monoisotopic (exact) mass is 124 g/mol. The van der Waals surface area contributed by atoms with Gasteiger partial charge in [0.15, 0.2) is 0 Å². The summed E-state index contributed by atoms with van der Waals surface area (Å²) in [4.78, 5) is 3.77. The predicted octanol–water partition coefficient (Wildman–Crippen LogP) is 0.156. The molecule has 0 amide bonds. The van der Waals surface area contributed by atoms with Crippen LogP contribution in [0.15, 0.2) is 18.5 Å². The second-order valence-electron chi connectivity index (χ2n) is 1.78. The fourth-order valence-corrected chi connectivity index (χ4v) is 0.594. The number of pyridine rings is 1. The van der Waals surface area contributed by atoms with Crippen LogP contribution in [0.1, 0.15) is 5.56 Å². The van der Waals surface area contributed by atoms with Gasteiger partial charge < -0.3 is 10.8 Å². The lowest BCUT2D eigenvalue weighted by Gasteiger charge is -1.94. The van der Waals surface area contributed by atoms with Crippen molar-refractivity contribution in [2.24, 2.45) is 0 Å². The average Bonchev–Trinajstić information content (AvgIpc) is 1.88. The summed E-state index contributed by atoms with van der Waals surface area (Å²) in [5, 5.41) is 8.57. The Hall–Kier alpha value is -1.09. The minimum atomic E-state index is -0.00194. The van der Waals surface area contributed by atoms with Gasteiger partial charge >= 0.3 is 0 Å². The summed E-state index contributed by atoms with van der Waals surface area (Å²) in [7, 11) is 0. The zero-order valence-corrected chi connectivity index (χ0v) is 4.91. The summed E-state index contributed by atoms with van der Waals surface area (Å²) < 4.78 is 0. The molecular weight excluding hydrogens is 116 g/mol. The Kier molecular flexibility index (Phi) is 1.65. The van der Waals surface area contributed by atoms with E-state index in [4.69, 9.17) is 10.8 Å². The second-order valence-corrected chi connectivity index (χ2v) is 1.78.